The molecule has 2 rings (SSSR count). The lowest BCUT2D eigenvalue weighted by Gasteiger charge is -1.99. The molecule has 9 heavy (non-hydrogen) atoms. The minimum absolute atomic E-state index is 0.00694. The summed E-state index contributed by atoms with van der Waals surface area (Å²) in [5.41, 5.74) is 0.317. The van der Waals surface area contributed by atoms with Gasteiger partial charge in [-0.2, -0.15) is 0 Å². The van der Waals surface area contributed by atoms with Gasteiger partial charge in [0.1, 0.15) is 0 Å². The topological polar surface area (TPSA) is 29.1 Å². The molecule has 1 amide bonds. The Morgan fingerprint density at radius 2 is 2.22 bits per heavy atom. The number of carbonyl (C=O) groups is 1. The molecule has 2 aliphatic rings. The van der Waals surface area contributed by atoms with Gasteiger partial charge < -0.3 is 5.32 Å². The Morgan fingerprint density at radius 3 is 2.33 bits per heavy atom. The quantitative estimate of drug-likeness (QED) is 0.502. The number of carbonyl (C=O) groups excluding carboxylic acids is 1. The van der Waals surface area contributed by atoms with Gasteiger partial charge in [0.25, 0.3) is 0 Å². The van der Waals surface area contributed by atoms with Gasteiger partial charge in [-0.1, -0.05) is 13.8 Å². The summed E-state index contributed by atoms with van der Waals surface area (Å²) >= 11 is 0. The van der Waals surface area contributed by atoms with Crippen LogP contribution in [-0.4, -0.2) is 12.5 Å². The lowest BCUT2D eigenvalue weighted by atomic mass is 10.0. The van der Waals surface area contributed by atoms with Crippen LogP contribution in [-0.2, 0) is 4.79 Å². The van der Waals surface area contributed by atoms with Crippen molar-refractivity contribution in [2.24, 2.45) is 10.8 Å². The Bertz CT molecular complexity index is 185. The maximum Gasteiger partial charge on any atom is 0.226 e. The third kappa shape index (κ3) is 0.373. The van der Waals surface area contributed by atoms with Crippen molar-refractivity contribution in [1.82, 2.24) is 5.32 Å². The molecule has 0 aromatic carbocycles. The molecule has 1 aliphatic heterocycles. The number of piperidine rings is 1. The highest BCUT2D eigenvalue weighted by atomic mass is 16.2. The lowest BCUT2D eigenvalue weighted by Crippen LogP contribution is -2.23. The standard InChI is InChI=1S/C7H11NO/c1-6-3-7(6,2)5(9)8-4-6/h3-4H2,1-2H3,(H,8,9)/t6-,7-/m0/s1. The molecule has 0 aromatic heterocycles. The van der Waals surface area contributed by atoms with Crippen LogP contribution in [0.1, 0.15) is 20.3 Å². The van der Waals surface area contributed by atoms with E-state index < -0.39 is 0 Å². The van der Waals surface area contributed by atoms with Gasteiger partial charge in [0, 0.05) is 12.0 Å². The smallest absolute Gasteiger partial charge is 0.226 e. The van der Waals surface area contributed by atoms with E-state index in [4.69, 9.17) is 0 Å². The molecular weight excluding hydrogens is 114 g/mol. The predicted octanol–water partition coefficient (Wildman–Crippen LogP) is 0.532. The van der Waals surface area contributed by atoms with Crippen LogP contribution in [0.25, 0.3) is 0 Å². The van der Waals surface area contributed by atoms with Crippen LogP contribution < -0.4 is 5.32 Å². The second-order valence-electron chi connectivity index (χ2n) is 3.75. The van der Waals surface area contributed by atoms with E-state index in [1.54, 1.807) is 0 Å². The number of amides is 1. The average Bonchev–Trinajstić information content (AvgIpc) is 2.26. The fraction of sp³-hybridized carbons (Fsp3) is 0.857. The van der Waals surface area contributed by atoms with Gasteiger partial charge in [-0.15, -0.1) is 0 Å². The van der Waals surface area contributed by atoms with Gasteiger partial charge in [0.05, 0.1) is 5.41 Å². The second-order valence-corrected chi connectivity index (χ2v) is 3.75. The molecule has 0 spiro atoms. The van der Waals surface area contributed by atoms with Crippen LogP contribution in [0, 0.1) is 10.8 Å². The summed E-state index contributed by atoms with van der Waals surface area (Å²) in [6.45, 7) is 5.11. The second kappa shape index (κ2) is 1.02. The summed E-state index contributed by atoms with van der Waals surface area (Å²) in [4.78, 5) is 11.0. The van der Waals surface area contributed by atoms with E-state index in [1.165, 1.54) is 0 Å². The summed E-state index contributed by atoms with van der Waals surface area (Å²) in [7, 11) is 0. The molecule has 2 nitrogen and oxygen atoms in total. The van der Waals surface area contributed by atoms with Crippen LogP contribution in [0.4, 0.5) is 0 Å². The molecule has 2 fully saturated rings. The molecular formula is C7H11NO. The first-order valence-electron chi connectivity index (χ1n) is 3.37. The van der Waals surface area contributed by atoms with Crippen LogP contribution in [0.5, 0.6) is 0 Å². The summed E-state index contributed by atoms with van der Waals surface area (Å²) in [6.07, 6.45) is 1.09. The van der Waals surface area contributed by atoms with Crippen molar-refractivity contribution >= 4 is 5.91 Å². The number of hydrogen-bond acceptors (Lipinski definition) is 1. The van der Waals surface area contributed by atoms with Crippen LogP contribution >= 0.6 is 0 Å². The van der Waals surface area contributed by atoms with Crippen molar-refractivity contribution in [2.75, 3.05) is 6.54 Å². The van der Waals surface area contributed by atoms with Gasteiger partial charge in [-0.05, 0) is 6.42 Å². The summed E-state index contributed by atoms with van der Waals surface area (Å²) < 4.78 is 0. The van der Waals surface area contributed by atoms with E-state index in [-0.39, 0.29) is 11.3 Å². The fourth-order valence-corrected chi connectivity index (χ4v) is 1.82. The zero-order valence-corrected chi connectivity index (χ0v) is 5.82. The third-order valence-electron chi connectivity index (χ3n) is 3.09. The minimum Gasteiger partial charge on any atom is -0.355 e. The Morgan fingerprint density at radius 1 is 1.56 bits per heavy atom. The normalized spacial score (nSPS) is 54.7. The van der Waals surface area contributed by atoms with Crippen LogP contribution in [0.2, 0.25) is 0 Å². The first-order valence-corrected chi connectivity index (χ1v) is 3.37. The SMILES string of the molecule is C[C@]12CNC(=O)[C@]1(C)C2. The molecule has 50 valence electrons. The van der Waals surface area contributed by atoms with Crippen molar-refractivity contribution < 1.29 is 4.79 Å². The Labute approximate surface area is 54.6 Å². The number of fused-ring (bicyclic) bond motifs is 1. The highest BCUT2D eigenvalue weighted by molar-refractivity contribution is 5.89. The van der Waals surface area contributed by atoms with E-state index in [2.05, 4.69) is 19.2 Å². The maximum absolute atomic E-state index is 11.0. The van der Waals surface area contributed by atoms with E-state index in [0.29, 0.717) is 5.41 Å². The molecule has 1 heterocycles. The van der Waals surface area contributed by atoms with Crippen molar-refractivity contribution in [3.8, 4) is 0 Å². The molecule has 2 heteroatoms. The molecule has 1 aliphatic carbocycles. The molecule has 1 N–H and O–H groups in total. The van der Waals surface area contributed by atoms with E-state index >= 15 is 0 Å². The summed E-state index contributed by atoms with van der Waals surface area (Å²) in [5.74, 6) is 0.255. The molecule has 0 radical (unpaired) electrons. The van der Waals surface area contributed by atoms with Gasteiger partial charge >= 0.3 is 0 Å². The number of hydrogen-bond donors (Lipinski definition) is 1. The van der Waals surface area contributed by atoms with E-state index in [0.717, 1.165) is 13.0 Å². The highest BCUT2D eigenvalue weighted by Crippen LogP contribution is 2.65. The third-order valence-corrected chi connectivity index (χ3v) is 3.09. The molecule has 0 unspecified atom stereocenters. The molecule has 1 saturated heterocycles. The maximum atomic E-state index is 11.0. The first kappa shape index (κ1) is 5.27. The Kier molecular flexibility index (Phi) is 0.600. The predicted molar refractivity (Wildman–Crippen MR) is 33.8 cm³/mol. The monoisotopic (exact) mass is 125 g/mol. The number of rotatable bonds is 0. The van der Waals surface area contributed by atoms with Gasteiger partial charge in [0.2, 0.25) is 5.91 Å². The Balaban J connectivity index is 2.37. The molecule has 0 bridgehead atoms. The van der Waals surface area contributed by atoms with Crippen LogP contribution in [0.15, 0.2) is 0 Å². The van der Waals surface area contributed by atoms with Gasteiger partial charge in [-0.3, -0.25) is 4.79 Å². The van der Waals surface area contributed by atoms with E-state index in [1.807, 2.05) is 0 Å². The van der Waals surface area contributed by atoms with Crippen molar-refractivity contribution in [3.63, 3.8) is 0 Å². The zero-order chi connectivity index (χ0) is 6.70. The fourth-order valence-electron chi connectivity index (χ4n) is 1.82. The highest BCUT2D eigenvalue weighted by Gasteiger charge is 2.69. The molecule has 1 saturated carbocycles. The summed E-state index contributed by atoms with van der Waals surface area (Å²) in [5, 5.41) is 2.86. The largest absolute Gasteiger partial charge is 0.355 e. The number of nitrogens with one attached hydrogen (secondary N) is 1. The molecule has 0 aromatic rings. The average molecular weight is 125 g/mol. The lowest BCUT2D eigenvalue weighted by molar-refractivity contribution is -0.124. The van der Waals surface area contributed by atoms with Crippen molar-refractivity contribution in [1.29, 1.82) is 0 Å². The summed E-state index contributed by atoms with van der Waals surface area (Å²) in [6, 6.07) is 0. The van der Waals surface area contributed by atoms with Gasteiger partial charge in [-0.25, -0.2) is 0 Å². The van der Waals surface area contributed by atoms with Crippen molar-refractivity contribution in [3.05, 3.63) is 0 Å². The van der Waals surface area contributed by atoms with E-state index in [9.17, 15) is 4.79 Å². The molecule has 2 atom stereocenters. The van der Waals surface area contributed by atoms with Crippen molar-refractivity contribution in [2.45, 2.75) is 20.3 Å². The minimum atomic E-state index is 0.00694. The zero-order valence-electron chi connectivity index (χ0n) is 5.82. The Hall–Kier alpha value is -0.530. The first-order chi connectivity index (χ1) is 4.08. The van der Waals surface area contributed by atoms with Crippen LogP contribution in [0.3, 0.4) is 0 Å². The van der Waals surface area contributed by atoms with Gasteiger partial charge in [0.15, 0.2) is 0 Å².